The Bertz CT molecular complexity index is 608. The average molecular weight is 259 g/mol. The smallest absolute Gasteiger partial charge is 0.152 e. The van der Waals surface area contributed by atoms with E-state index in [-0.39, 0.29) is 12.3 Å². The van der Waals surface area contributed by atoms with Gasteiger partial charge in [-0.15, -0.1) is 0 Å². The van der Waals surface area contributed by atoms with Crippen LogP contribution < -0.4 is 10.5 Å². The number of benzene rings is 2. The van der Waals surface area contributed by atoms with Crippen molar-refractivity contribution in [2.24, 2.45) is 0 Å². The Hall–Kier alpha value is -2.03. The van der Waals surface area contributed by atoms with Gasteiger partial charge in [-0.25, -0.2) is 4.39 Å². The highest BCUT2D eigenvalue weighted by Crippen LogP contribution is 2.25. The molecule has 0 heterocycles. The maximum Gasteiger partial charge on any atom is 0.152 e. The van der Waals surface area contributed by atoms with Gasteiger partial charge in [-0.2, -0.15) is 0 Å². The van der Waals surface area contributed by atoms with Gasteiger partial charge < -0.3 is 10.5 Å². The fourth-order valence-electron chi connectivity index (χ4n) is 2.02. The van der Waals surface area contributed by atoms with Gasteiger partial charge in [0.15, 0.2) is 5.82 Å². The maximum absolute atomic E-state index is 13.8. The molecule has 0 bridgehead atoms. The van der Waals surface area contributed by atoms with Crippen molar-refractivity contribution in [3.05, 3.63) is 58.4 Å². The van der Waals surface area contributed by atoms with Crippen LogP contribution in [0.3, 0.4) is 0 Å². The van der Waals surface area contributed by atoms with Crippen LogP contribution in [0.5, 0.6) is 5.75 Å². The number of hydrogen-bond donors (Lipinski definition) is 1. The summed E-state index contributed by atoms with van der Waals surface area (Å²) in [5, 5.41) is 0. The topological polar surface area (TPSA) is 35.2 Å². The van der Waals surface area contributed by atoms with E-state index in [1.165, 1.54) is 5.56 Å². The van der Waals surface area contributed by atoms with E-state index in [9.17, 15) is 4.39 Å². The Balaban J connectivity index is 2.21. The Morgan fingerprint density at radius 3 is 2.63 bits per heavy atom. The second kappa shape index (κ2) is 5.31. The highest BCUT2D eigenvalue weighted by Gasteiger charge is 2.08. The monoisotopic (exact) mass is 259 g/mol. The molecule has 0 aliphatic heterocycles. The molecular weight excluding hydrogens is 241 g/mol. The lowest BCUT2D eigenvalue weighted by Gasteiger charge is -2.13. The zero-order valence-electron chi connectivity index (χ0n) is 11.5. The standard InChI is InChI=1S/C16H18FNO/c1-10-7-11(2)12(3)15(8-10)19-9-13-5-4-6-14(18)16(13)17/h4-8H,9,18H2,1-3H3. The molecule has 2 aromatic rings. The minimum absolute atomic E-state index is 0.151. The summed E-state index contributed by atoms with van der Waals surface area (Å²) >= 11 is 0. The lowest BCUT2D eigenvalue weighted by atomic mass is 10.1. The van der Waals surface area contributed by atoms with Gasteiger partial charge in [0.1, 0.15) is 12.4 Å². The van der Waals surface area contributed by atoms with Crippen molar-refractivity contribution >= 4 is 5.69 Å². The van der Waals surface area contributed by atoms with Crippen LogP contribution in [-0.4, -0.2) is 0 Å². The minimum Gasteiger partial charge on any atom is -0.489 e. The molecule has 0 fully saturated rings. The van der Waals surface area contributed by atoms with Gasteiger partial charge in [0.2, 0.25) is 0 Å². The average Bonchev–Trinajstić information content (AvgIpc) is 2.36. The molecule has 19 heavy (non-hydrogen) atoms. The number of rotatable bonds is 3. The molecule has 0 saturated heterocycles. The van der Waals surface area contributed by atoms with E-state index in [4.69, 9.17) is 10.5 Å². The number of ether oxygens (including phenoxy) is 1. The molecule has 0 unspecified atom stereocenters. The summed E-state index contributed by atoms with van der Waals surface area (Å²) in [6, 6.07) is 9.02. The highest BCUT2D eigenvalue weighted by molar-refractivity contribution is 5.44. The van der Waals surface area contributed by atoms with Gasteiger partial charge in [-0.05, 0) is 49.6 Å². The van der Waals surface area contributed by atoms with E-state index < -0.39 is 5.82 Å². The van der Waals surface area contributed by atoms with Crippen LogP contribution in [0.25, 0.3) is 0 Å². The van der Waals surface area contributed by atoms with Gasteiger partial charge in [-0.1, -0.05) is 18.2 Å². The largest absolute Gasteiger partial charge is 0.489 e. The third kappa shape index (κ3) is 2.87. The Morgan fingerprint density at radius 1 is 1.16 bits per heavy atom. The molecule has 0 spiro atoms. The fraction of sp³-hybridized carbons (Fsp3) is 0.250. The van der Waals surface area contributed by atoms with Gasteiger partial charge >= 0.3 is 0 Å². The van der Waals surface area contributed by atoms with Gasteiger partial charge in [-0.3, -0.25) is 0 Å². The summed E-state index contributed by atoms with van der Waals surface area (Å²) in [6.45, 7) is 6.23. The summed E-state index contributed by atoms with van der Waals surface area (Å²) in [4.78, 5) is 0. The zero-order valence-corrected chi connectivity index (χ0v) is 11.5. The van der Waals surface area contributed by atoms with E-state index in [1.807, 2.05) is 26.8 Å². The van der Waals surface area contributed by atoms with Gasteiger partial charge in [0.05, 0.1) is 5.69 Å². The molecule has 2 nitrogen and oxygen atoms in total. The van der Waals surface area contributed by atoms with E-state index in [0.29, 0.717) is 5.56 Å². The fourth-order valence-corrected chi connectivity index (χ4v) is 2.02. The number of hydrogen-bond acceptors (Lipinski definition) is 2. The molecule has 0 amide bonds. The Labute approximate surface area is 113 Å². The van der Waals surface area contributed by atoms with Crippen LogP contribution in [0, 0.1) is 26.6 Å². The molecule has 0 atom stereocenters. The van der Waals surface area contributed by atoms with Crippen LogP contribution in [0.1, 0.15) is 22.3 Å². The van der Waals surface area contributed by atoms with Crippen molar-refractivity contribution < 1.29 is 9.13 Å². The predicted octanol–water partition coefficient (Wildman–Crippen LogP) is 3.91. The van der Waals surface area contributed by atoms with Crippen LogP contribution in [0.4, 0.5) is 10.1 Å². The lowest BCUT2D eigenvalue weighted by molar-refractivity contribution is 0.297. The number of anilines is 1. The SMILES string of the molecule is Cc1cc(C)c(C)c(OCc2cccc(N)c2F)c1. The maximum atomic E-state index is 13.8. The van der Waals surface area contributed by atoms with E-state index in [2.05, 4.69) is 6.07 Å². The first kappa shape index (κ1) is 13.4. The highest BCUT2D eigenvalue weighted by atomic mass is 19.1. The minimum atomic E-state index is -0.399. The third-order valence-electron chi connectivity index (χ3n) is 3.26. The van der Waals surface area contributed by atoms with Crippen molar-refractivity contribution in [1.82, 2.24) is 0 Å². The molecule has 2 aromatic carbocycles. The normalized spacial score (nSPS) is 10.5. The number of aryl methyl sites for hydroxylation is 2. The van der Waals surface area contributed by atoms with Crippen molar-refractivity contribution in [2.45, 2.75) is 27.4 Å². The first-order valence-corrected chi connectivity index (χ1v) is 6.22. The van der Waals surface area contributed by atoms with Crippen molar-refractivity contribution in [3.63, 3.8) is 0 Å². The van der Waals surface area contributed by atoms with E-state index in [1.54, 1.807) is 18.2 Å². The van der Waals surface area contributed by atoms with Crippen molar-refractivity contribution in [3.8, 4) is 5.75 Å². The first-order chi connectivity index (χ1) is 8.99. The zero-order chi connectivity index (χ0) is 14.0. The number of halogens is 1. The number of nitrogens with two attached hydrogens (primary N) is 1. The van der Waals surface area contributed by atoms with Crippen LogP contribution >= 0.6 is 0 Å². The summed E-state index contributed by atoms with van der Waals surface area (Å²) in [6.07, 6.45) is 0. The molecule has 0 aliphatic rings. The van der Waals surface area contributed by atoms with Crippen molar-refractivity contribution in [1.29, 1.82) is 0 Å². The molecule has 2 rings (SSSR count). The van der Waals surface area contributed by atoms with Gasteiger partial charge in [0, 0.05) is 5.56 Å². The van der Waals surface area contributed by atoms with E-state index >= 15 is 0 Å². The summed E-state index contributed by atoms with van der Waals surface area (Å²) < 4.78 is 19.5. The van der Waals surface area contributed by atoms with Crippen LogP contribution in [-0.2, 0) is 6.61 Å². The van der Waals surface area contributed by atoms with Crippen LogP contribution in [0.15, 0.2) is 30.3 Å². The Morgan fingerprint density at radius 2 is 1.89 bits per heavy atom. The molecule has 2 N–H and O–H groups in total. The summed E-state index contributed by atoms with van der Waals surface area (Å²) in [7, 11) is 0. The molecule has 0 aliphatic carbocycles. The second-order valence-corrected chi connectivity index (χ2v) is 4.81. The first-order valence-electron chi connectivity index (χ1n) is 6.22. The molecule has 0 saturated carbocycles. The second-order valence-electron chi connectivity index (χ2n) is 4.81. The summed E-state index contributed by atoms with van der Waals surface area (Å²) in [5.74, 6) is 0.392. The quantitative estimate of drug-likeness (QED) is 0.848. The third-order valence-corrected chi connectivity index (χ3v) is 3.26. The van der Waals surface area contributed by atoms with Crippen LogP contribution in [0.2, 0.25) is 0 Å². The molecule has 100 valence electrons. The van der Waals surface area contributed by atoms with Gasteiger partial charge in [0.25, 0.3) is 0 Å². The molecular formula is C16H18FNO. The molecule has 0 aromatic heterocycles. The number of nitrogen functional groups attached to an aromatic ring is 1. The summed E-state index contributed by atoms with van der Waals surface area (Å²) in [5.41, 5.74) is 9.54. The van der Waals surface area contributed by atoms with E-state index in [0.717, 1.165) is 16.9 Å². The Kier molecular flexibility index (Phi) is 3.74. The molecule has 3 heteroatoms. The van der Waals surface area contributed by atoms with Crippen molar-refractivity contribution in [2.75, 3.05) is 5.73 Å². The lowest BCUT2D eigenvalue weighted by Crippen LogP contribution is -2.03. The molecule has 0 radical (unpaired) electrons. The predicted molar refractivity (Wildman–Crippen MR) is 75.8 cm³/mol.